The van der Waals surface area contributed by atoms with Crippen LogP contribution in [0.25, 0.3) is 0 Å². The second kappa shape index (κ2) is 6.70. The summed E-state index contributed by atoms with van der Waals surface area (Å²) in [5.74, 6) is 0. The molecular weight excluding hydrogens is 260 g/mol. The Bertz CT molecular complexity index is 538. The number of carbonyl (C=O) groups excluding carboxylic acids is 1. The predicted octanol–water partition coefficient (Wildman–Crippen LogP) is 3.35. The average molecular weight is 274 g/mol. The van der Waals surface area contributed by atoms with E-state index in [-0.39, 0.29) is 6.61 Å². The number of hydrazone groups is 1. The Kier molecular flexibility index (Phi) is 4.69. The quantitative estimate of drug-likeness (QED) is 0.633. The summed E-state index contributed by atoms with van der Waals surface area (Å²) >= 11 is 1.56. The molecule has 1 aromatic heterocycles. The minimum Gasteiger partial charge on any atom is -0.443 e. The zero-order valence-electron chi connectivity index (χ0n) is 10.5. The van der Waals surface area contributed by atoms with Crippen molar-refractivity contribution in [1.82, 2.24) is 5.01 Å². The second-order valence-corrected chi connectivity index (χ2v) is 4.80. The van der Waals surface area contributed by atoms with E-state index in [4.69, 9.17) is 4.74 Å². The first-order valence-corrected chi connectivity index (χ1v) is 6.65. The first kappa shape index (κ1) is 13.3. The normalized spacial score (nSPS) is 10.6. The smallest absolute Gasteiger partial charge is 0.430 e. The summed E-state index contributed by atoms with van der Waals surface area (Å²) in [5, 5.41) is 7.16. The summed E-state index contributed by atoms with van der Waals surface area (Å²) < 4.78 is 5.14. The predicted molar refractivity (Wildman–Crippen MR) is 76.3 cm³/mol. The topological polar surface area (TPSA) is 41.9 Å². The zero-order chi connectivity index (χ0) is 13.5. The molecule has 0 N–H and O–H groups in total. The largest absolute Gasteiger partial charge is 0.443 e. The van der Waals surface area contributed by atoms with E-state index >= 15 is 0 Å². The lowest BCUT2D eigenvalue weighted by atomic mass is 10.2. The van der Waals surface area contributed by atoms with E-state index < -0.39 is 6.09 Å². The fraction of sp³-hybridized carbons (Fsp3) is 0.143. The first-order chi connectivity index (χ1) is 9.25. The van der Waals surface area contributed by atoms with Crippen LogP contribution >= 0.6 is 11.3 Å². The fourth-order valence-electron chi connectivity index (χ4n) is 1.37. The molecule has 0 bridgehead atoms. The lowest BCUT2D eigenvalue weighted by molar-refractivity contribution is 0.106. The SMILES string of the molecule is CN(/N=C\c1cccs1)C(=O)OCc1ccccc1. The number of benzene rings is 1. The van der Waals surface area contributed by atoms with Gasteiger partial charge in [-0.1, -0.05) is 36.4 Å². The molecule has 0 atom stereocenters. The highest BCUT2D eigenvalue weighted by molar-refractivity contribution is 7.11. The van der Waals surface area contributed by atoms with Gasteiger partial charge in [-0.05, 0) is 17.0 Å². The number of nitrogens with zero attached hydrogens (tertiary/aromatic N) is 2. The fourth-order valence-corrected chi connectivity index (χ4v) is 1.95. The number of ether oxygens (including phenoxy) is 1. The van der Waals surface area contributed by atoms with Gasteiger partial charge in [0.1, 0.15) is 6.61 Å². The highest BCUT2D eigenvalue weighted by Gasteiger charge is 2.08. The maximum absolute atomic E-state index is 11.7. The van der Waals surface area contributed by atoms with E-state index in [0.717, 1.165) is 10.4 Å². The van der Waals surface area contributed by atoms with Crippen LogP contribution < -0.4 is 0 Å². The second-order valence-electron chi connectivity index (χ2n) is 3.82. The van der Waals surface area contributed by atoms with Gasteiger partial charge in [-0.25, -0.2) is 9.80 Å². The highest BCUT2D eigenvalue weighted by Crippen LogP contribution is 2.06. The van der Waals surface area contributed by atoms with Crippen molar-refractivity contribution < 1.29 is 9.53 Å². The number of amides is 1. The van der Waals surface area contributed by atoms with Gasteiger partial charge in [0.25, 0.3) is 0 Å². The summed E-state index contributed by atoms with van der Waals surface area (Å²) in [4.78, 5) is 12.7. The van der Waals surface area contributed by atoms with Crippen molar-refractivity contribution in [3.05, 3.63) is 58.3 Å². The summed E-state index contributed by atoms with van der Waals surface area (Å²) in [6, 6.07) is 13.4. The van der Waals surface area contributed by atoms with Crippen LogP contribution in [-0.2, 0) is 11.3 Å². The third kappa shape index (κ3) is 4.22. The number of hydrogen-bond acceptors (Lipinski definition) is 4. The van der Waals surface area contributed by atoms with E-state index in [1.54, 1.807) is 24.6 Å². The molecule has 2 aromatic rings. The van der Waals surface area contributed by atoms with E-state index in [9.17, 15) is 4.79 Å². The zero-order valence-corrected chi connectivity index (χ0v) is 11.3. The van der Waals surface area contributed by atoms with Crippen LogP contribution in [0.3, 0.4) is 0 Å². The molecule has 0 saturated carbocycles. The number of rotatable bonds is 4. The summed E-state index contributed by atoms with van der Waals surface area (Å²) in [5.41, 5.74) is 0.950. The molecule has 1 amide bonds. The molecule has 5 heteroatoms. The van der Waals surface area contributed by atoms with Crippen LogP contribution in [0.1, 0.15) is 10.4 Å². The molecule has 0 radical (unpaired) electrons. The molecule has 2 rings (SSSR count). The average Bonchev–Trinajstić information content (AvgIpc) is 2.96. The van der Waals surface area contributed by atoms with Gasteiger partial charge in [0.15, 0.2) is 0 Å². The van der Waals surface area contributed by atoms with E-state index in [0.29, 0.717) is 0 Å². The molecule has 19 heavy (non-hydrogen) atoms. The molecule has 0 spiro atoms. The van der Waals surface area contributed by atoms with Gasteiger partial charge >= 0.3 is 6.09 Å². The Labute approximate surface area is 115 Å². The van der Waals surface area contributed by atoms with Crippen LogP contribution in [0.15, 0.2) is 52.9 Å². The van der Waals surface area contributed by atoms with Gasteiger partial charge in [-0.15, -0.1) is 11.3 Å². The van der Waals surface area contributed by atoms with Crippen molar-refractivity contribution in [2.24, 2.45) is 5.10 Å². The van der Waals surface area contributed by atoms with E-state index in [2.05, 4.69) is 5.10 Å². The van der Waals surface area contributed by atoms with Crippen molar-refractivity contribution in [2.75, 3.05) is 7.05 Å². The summed E-state index contributed by atoms with van der Waals surface area (Å²) in [6.45, 7) is 0.249. The lowest BCUT2D eigenvalue weighted by Gasteiger charge is -2.11. The van der Waals surface area contributed by atoms with Crippen LogP contribution in [0, 0.1) is 0 Å². The third-order valence-corrected chi connectivity index (χ3v) is 3.18. The molecule has 0 aliphatic rings. The first-order valence-electron chi connectivity index (χ1n) is 5.77. The number of hydrogen-bond donors (Lipinski definition) is 0. The van der Waals surface area contributed by atoms with Gasteiger partial charge in [0.2, 0.25) is 0 Å². The minimum absolute atomic E-state index is 0.249. The Balaban J connectivity index is 1.83. The van der Waals surface area contributed by atoms with E-state index in [1.807, 2.05) is 47.8 Å². The highest BCUT2D eigenvalue weighted by atomic mass is 32.1. The molecule has 0 aliphatic heterocycles. The number of carbonyl (C=O) groups is 1. The van der Waals surface area contributed by atoms with Crippen LogP contribution in [0.2, 0.25) is 0 Å². The molecule has 1 aromatic carbocycles. The monoisotopic (exact) mass is 274 g/mol. The Morgan fingerprint density at radius 1 is 1.32 bits per heavy atom. The van der Waals surface area contributed by atoms with Crippen molar-refractivity contribution in [2.45, 2.75) is 6.61 Å². The lowest BCUT2D eigenvalue weighted by Crippen LogP contribution is -2.22. The maximum atomic E-state index is 11.7. The molecule has 1 heterocycles. The molecule has 0 fully saturated rings. The van der Waals surface area contributed by atoms with Crippen molar-refractivity contribution in [3.63, 3.8) is 0 Å². The molecule has 0 aliphatic carbocycles. The van der Waals surface area contributed by atoms with Gasteiger partial charge in [-0.3, -0.25) is 0 Å². The Morgan fingerprint density at radius 3 is 2.79 bits per heavy atom. The minimum atomic E-state index is -0.475. The molecular formula is C14H14N2O2S. The maximum Gasteiger partial charge on any atom is 0.430 e. The summed E-state index contributed by atoms with van der Waals surface area (Å²) in [7, 11) is 1.57. The van der Waals surface area contributed by atoms with Gasteiger partial charge in [0, 0.05) is 11.9 Å². The molecule has 98 valence electrons. The van der Waals surface area contributed by atoms with Crippen molar-refractivity contribution in [3.8, 4) is 0 Å². The van der Waals surface area contributed by atoms with Crippen LogP contribution in [-0.4, -0.2) is 24.4 Å². The van der Waals surface area contributed by atoms with Crippen molar-refractivity contribution in [1.29, 1.82) is 0 Å². The standard InChI is InChI=1S/C14H14N2O2S/c1-16(15-10-13-8-5-9-19-13)14(17)18-11-12-6-3-2-4-7-12/h2-10H,11H2,1H3/b15-10-. The molecule has 0 unspecified atom stereocenters. The Morgan fingerprint density at radius 2 is 2.11 bits per heavy atom. The van der Waals surface area contributed by atoms with Crippen LogP contribution in [0.4, 0.5) is 4.79 Å². The van der Waals surface area contributed by atoms with Crippen molar-refractivity contribution >= 4 is 23.6 Å². The number of thiophene rings is 1. The van der Waals surface area contributed by atoms with Gasteiger partial charge in [0.05, 0.1) is 6.21 Å². The third-order valence-electron chi connectivity index (χ3n) is 2.37. The van der Waals surface area contributed by atoms with Gasteiger partial charge < -0.3 is 4.74 Å². The van der Waals surface area contributed by atoms with E-state index in [1.165, 1.54) is 5.01 Å². The molecule has 4 nitrogen and oxygen atoms in total. The Hall–Kier alpha value is -2.14. The van der Waals surface area contributed by atoms with Crippen LogP contribution in [0.5, 0.6) is 0 Å². The van der Waals surface area contributed by atoms with Gasteiger partial charge in [-0.2, -0.15) is 5.10 Å². The molecule has 0 saturated heterocycles. The summed E-state index contributed by atoms with van der Waals surface area (Å²) in [6.07, 6.45) is 1.16.